The van der Waals surface area contributed by atoms with Crippen LogP contribution in [0.3, 0.4) is 0 Å². The molecule has 1 aliphatic rings. The molecule has 19 heteroatoms. The number of nitrogens with zero attached hydrogens (tertiary/aromatic N) is 3. The monoisotopic (exact) mass is 827 g/mol. The summed E-state index contributed by atoms with van der Waals surface area (Å²) in [7, 11) is 0. The van der Waals surface area contributed by atoms with Gasteiger partial charge in [0.1, 0.15) is 30.7 Å². The van der Waals surface area contributed by atoms with Crippen molar-refractivity contribution in [3.05, 3.63) is 83.8 Å². The Morgan fingerprint density at radius 1 is 0.850 bits per heavy atom. The zero-order valence-electron chi connectivity index (χ0n) is 33.6. The number of ketones is 1. The lowest BCUT2D eigenvalue weighted by atomic mass is 9.90. The molecule has 5 rings (SSSR count). The predicted octanol–water partition coefficient (Wildman–Crippen LogP) is -1.18. The number of primary amides is 1. The van der Waals surface area contributed by atoms with Crippen LogP contribution in [0, 0.1) is 5.92 Å². The summed E-state index contributed by atoms with van der Waals surface area (Å²) < 4.78 is 1.16. The molecule has 2 bridgehead atoms. The number of para-hydroxylation sites is 1. The fourth-order valence-electron chi connectivity index (χ4n) is 7.02. The molecule has 3 heterocycles. The molecule has 0 fully saturated rings. The Bertz CT molecular complexity index is 2150. The van der Waals surface area contributed by atoms with E-state index in [-0.39, 0.29) is 44.3 Å². The Labute approximate surface area is 346 Å². The Kier molecular flexibility index (Phi) is 15.6. The molecule has 0 unspecified atom stereocenters. The molecule has 0 saturated carbocycles. The van der Waals surface area contributed by atoms with E-state index in [1.165, 1.54) is 20.0 Å². The molecule has 0 spiro atoms. The predicted molar refractivity (Wildman–Crippen MR) is 218 cm³/mol. The number of carbonyl (C=O) groups is 7. The molecule has 7 atom stereocenters. The molecule has 0 aliphatic carbocycles. The van der Waals surface area contributed by atoms with Crippen LogP contribution in [0.5, 0.6) is 0 Å². The first kappa shape index (κ1) is 44.6. The van der Waals surface area contributed by atoms with Crippen molar-refractivity contribution in [2.45, 2.75) is 102 Å². The number of unbranched alkanes of at least 4 members (excludes halogenated alkanes) is 1. The highest BCUT2D eigenvalue weighted by atomic mass is 16.3. The maximum absolute atomic E-state index is 14.5. The van der Waals surface area contributed by atoms with Gasteiger partial charge in [0.15, 0.2) is 5.78 Å². The number of aliphatic hydroxyl groups excluding tert-OH is 1. The van der Waals surface area contributed by atoms with Crippen molar-refractivity contribution in [1.82, 2.24) is 46.6 Å². The largest absolute Gasteiger partial charge is 0.391 e. The summed E-state index contributed by atoms with van der Waals surface area (Å²) in [6.07, 6.45) is 2.20. The molecule has 4 aromatic rings. The summed E-state index contributed by atoms with van der Waals surface area (Å²) in [5, 5.41) is 32.6. The first-order valence-electron chi connectivity index (χ1n) is 19.9. The molecule has 320 valence electrons. The van der Waals surface area contributed by atoms with Gasteiger partial charge in [0.2, 0.25) is 35.4 Å². The van der Waals surface area contributed by atoms with E-state index in [0.717, 1.165) is 15.6 Å². The lowest BCUT2D eigenvalue weighted by Gasteiger charge is -2.27. The van der Waals surface area contributed by atoms with E-state index in [2.05, 4.69) is 41.9 Å². The number of hydrogen-bond acceptors (Lipinski definition) is 11. The fourth-order valence-corrected chi connectivity index (χ4v) is 7.02. The average Bonchev–Trinajstić information content (AvgIpc) is 3.84. The third-order valence-electron chi connectivity index (χ3n) is 10.3. The first-order valence-corrected chi connectivity index (χ1v) is 19.9. The summed E-state index contributed by atoms with van der Waals surface area (Å²) in [6.45, 7) is 2.66. The zero-order chi connectivity index (χ0) is 43.3. The maximum Gasteiger partial charge on any atom is 0.245 e. The number of benzene rings is 2. The second-order valence-corrected chi connectivity index (χ2v) is 15.1. The summed E-state index contributed by atoms with van der Waals surface area (Å²) in [4.78, 5) is 98.7. The Hall–Kier alpha value is -6.47. The highest BCUT2D eigenvalue weighted by Crippen LogP contribution is 2.22. The van der Waals surface area contributed by atoms with Gasteiger partial charge in [0.05, 0.1) is 17.8 Å². The lowest BCUT2D eigenvalue weighted by Crippen LogP contribution is -2.58. The van der Waals surface area contributed by atoms with Crippen molar-refractivity contribution in [3.63, 3.8) is 0 Å². The molecule has 2 aromatic heterocycles. The molecule has 11 N–H and O–H groups in total. The minimum atomic E-state index is -1.57. The van der Waals surface area contributed by atoms with Crippen molar-refractivity contribution in [2.75, 3.05) is 6.54 Å². The van der Waals surface area contributed by atoms with E-state index in [1.54, 1.807) is 36.5 Å². The number of hydrogen-bond donors (Lipinski definition) is 9. The quantitative estimate of drug-likeness (QED) is 0.0857. The minimum Gasteiger partial charge on any atom is -0.391 e. The number of nitrogens with one attached hydrogen (secondary N) is 6. The molecule has 0 radical (unpaired) electrons. The van der Waals surface area contributed by atoms with Crippen molar-refractivity contribution >= 4 is 52.1 Å². The molecule has 19 nitrogen and oxygen atoms in total. The van der Waals surface area contributed by atoms with Crippen LogP contribution >= 0.6 is 0 Å². The third-order valence-corrected chi connectivity index (χ3v) is 10.3. The number of aromatic nitrogens is 4. The zero-order valence-corrected chi connectivity index (χ0v) is 33.6. The second-order valence-electron chi connectivity index (χ2n) is 15.1. The number of carbonyl (C=O) groups excluding carboxylic acids is 7. The molecule has 60 heavy (non-hydrogen) atoms. The van der Waals surface area contributed by atoms with Crippen LogP contribution in [0.1, 0.15) is 56.4 Å². The van der Waals surface area contributed by atoms with Gasteiger partial charge in [-0.15, -0.1) is 5.10 Å². The van der Waals surface area contributed by atoms with E-state index in [4.69, 9.17) is 11.5 Å². The standard InChI is InChI=1S/C41H53N11O8/c1-23-38(57)48-33(16-25-10-4-3-5-11-25)40(59)46-31(17-27-20-44-30-14-7-6-13-29(27)30)34(54)18-26(12-8-9-15-42)39(58)49-36(24(2)53)41(60)47-32(37(43)56)19-28-21-52(51-50-28)22-35(55)45-23/h3-7,10-11,13-14,20-21,23-24,26,31-33,36,44,53H,8-9,12,15-19,22,42H2,1-2H3,(H2,43,56)(H,45,55)(H,46,59)(H,47,60)(H,48,57)(H,49,58)/t23-,24+,26+,31+,32-,33-,36-/m0/s1. The summed E-state index contributed by atoms with van der Waals surface area (Å²) in [5.74, 6) is -6.14. The number of rotatable bonds is 10. The normalized spacial score (nSPS) is 23.5. The highest BCUT2D eigenvalue weighted by Gasteiger charge is 2.35. The number of amides is 6. The van der Waals surface area contributed by atoms with Crippen LogP contribution in [0.15, 0.2) is 67.0 Å². The van der Waals surface area contributed by atoms with Crippen LogP contribution in [0.25, 0.3) is 10.9 Å². The third kappa shape index (κ3) is 12.3. The number of fused-ring (bicyclic) bond motifs is 3. The van der Waals surface area contributed by atoms with Gasteiger partial charge in [0, 0.05) is 54.9 Å². The molecule has 2 aromatic carbocycles. The number of Topliss-reactive ketones (excluding diaryl/α,β-unsaturated/α-hetero) is 1. The van der Waals surface area contributed by atoms with E-state index >= 15 is 0 Å². The van der Waals surface area contributed by atoms with E-state index in [1.807, 2.05) is 24.3 Å². The van der Waals surface area contributed by atoms with Gasteiger partial charge >= 0.3 is 0 Å². The minimum absolute atomic E-state index is 0.0151. The summed E-state index contributed by atoms with van der Waals surface area (Å²) in [6, 6.07) is 9.91. The molecular weight excluding hydrogens is 775 g/mol. The SMILES string of the molecule is C[C@@H]1NC(=O)Cn2cc(nn2)C[C@@H](C(N)=O)NC(=O)[C@H]([C@@H](C)O)NC(=O)[C@H](CCCCN)CC(=O)[C@@H](Cc2c[nH]c3ccccc23)NC(=O)[C@H](Cc2ccccc2)NC1=O. The van der Waals surface area contributed by atoms with Crippen molar-refractivity contribution in [2.24, 2.45) is 17.4 Å². The van der Waals surface area contributed by atoms with E-state index in [0.29, 0.717) is 30.5 Å². The Morgan fingerprint density at radius 2 is 1.57 bits per heavy atom. The van der Waals surface area contributed by atoms with Crippen molar-refractivity contribution in [1.29, 1.82) is 0 Å². The molecule has 1 aliphatic heterocycles. The van der Waals surface area contributed by atoms with Gasteiger partial charge in [0.25, 0.3) is 0 Å². The Balaban J connectivity index is 1.53. The van der Waals surface area contributed by atoms with E-state index in [9.17, 15) is 38.7 Å². The fraction of sp³-hybridized carbons (Fsp3) is 0.439. The highest BCUT2D eigenvalue weighted by molar-refractivity contribution is 5.97. The maximum atomic E-state index is 14.5. The summed E-state index contributed by atoms with van der Waals surface area (Å²) >= 11 is 0. The number of H-pyrrole nitrogens is 1. The smallest absolute Gasteiger partial charge is 0.245 e. The van der Waals surface area contributed by atoms with Crippen molar-refractivity contribution < 1.29 is 38.7 Å². The van der Waals surface area contributed by atoms with E-state index < -0.39 is 83.5 Å². The summed E-state index contributed by atoms with van der Waals surface area (Å²) in [5.41, 5.74) is 13.8. The van der Waals surface area contributed by atoms with Gasteiger partial charge in [-0.2, -0.15) is 0 Å². The van der Waals surface area contributed by atoms with Crippen LogP contribution < -0.4 is 38.1 Å². The van der Waals surface area contributed by atoms with Gasteiger partial charge in [-0.05, 0) is 50.4 Å². The number of aliphatic hydroxyl groups is 1. The second kappa shape index (κ2) is 21.0. The average molecular weight is 828 g/mol. The van der Waals surface area contributed by atoms with Crippen molar-refractivity contribution in [3.8, 4) is 0 Å². The first-order chi connectivity index (χ1) is 28.7. The van der Waals surface area contributed by atoms with Gasteiger partial charge in [-0.3, -0.25) is 33.6 Å². The van der Waals surface area contributed by atoms with Gasteiger partial charge < -0.3 is 48.1 Å². The van der Waals surface area contributed by atoms with Crippen LogP contribution in [0.4, 0.5) is 0 Å². The van der Waals surface area contributed by atoms with Crippen LogP contribution in [-0.2, 0) is 59.4 Å². The van der Waals surface area contributed by atoms with Crippen LogP contribution in [0.2, 0.25) is 0 Å². The molecule has 6 amide bonds. The topological polar surface area (TPSA) is 298 Å². The van der Waals surface area contributed by atoms with Gasteiger partial charge in [-0.25, -0.2) is 4.68 Å². The molecule has 0 saturated heterocycles. The molecular formula is C41H53N11O8. The van der Waals surface area contributed by atoms with Crippen LogP contribution in [-0.4, -0.2) is 109 Å². The number of nitrogens with two attached hydrogens (primary N) is 2. The van der Waals surface area contributed by atoms with Gasteiger partial charge in [-0.1, -0.05) is 60.2 Å². The number of aromatic amines is 1. The lowest BCUT2D eigenvalue weighted by molar-refractivity contribution is -0.137. The Morgan fingerprint density at radius 3 is 2.28 bits per heavy atom.